The van der Waals surface area contributed by atoms with Crippen LogP contribution in [0.15, 0.2) is 23.8 Å². The van der Waals surface area contributed by atoms with E-state index in [2.05, 4.69) is 24.3 Å². The Labute approximate surface area is 100.0 Å². The van der Waals surface area contributed by atoms with Gasteiger partial charge in [-0.15, -0.1) is 0 Å². The minimum atomic E-state index is -0.250. The number of ether oxygens (including phenoxy) is 1. The van der Waals surface area contributed by atoms with E-state index in [-0.39, 0.29) is 11.7 Å². The SMILES string of the molecule is N#C/C=C1\[C@H]2[C@H]3C[C@H]1[C@@H]1C=C[C@@H]2[C@@]1(CC#N)O3. The molecule has 0 spiro atoms. The summed E-state index contributed by atoms with van der Waals surface area (Å²) in [6.45, 7) is 0. The first-order valence-electron chi connectivity index (χ1n) is 6.14. The zero-order chi connectivity index (χ0) is 11.6. The van der Waals surface area contributed by atoms with Gasteiger partial charge in [-0.1, -0.05) is 12.2 Å². The van der Waals surface area contributed by atoms with Gasteiger partial charge in [-0.3, -0.25) is 0 Å². The molecule has 6 bridgehead atoms. The van der Waals surface area contributed by atoms with Crippen LogP contribution >= 0.6 is 0 Å². The van der Waals surface area contributed by atoms with Crippen LogP contribution in [0.5, 0.6) is 0 Å². The molecule has 2 aliphatic heterocycles. The Morgan fingerprint density at radius 2 is 2.24 bits per heavy atom. The van der Waals surface area contributed by atoms with Crippen molar-refractivity contribution >= 4 is 0 Å². The molecule has 2 heterocycles. The summed E-state index contributed by atoms with van der Waals surface area (Å²) in [6.07, 6.45) is 7.96. The summed E-state index contributed by atoms with van der Waals surface area (Å²) in [6, 6.07) is 4.48. The van der Waals surface area contributed by atoms with E-state index >= 15 is 0 Å². The van der Waals surface area contributed by atoms with Crippen LogP contribution in [0.25, 0.3) is 0 Å². The molecule has 2 saturated heterocycles. The van der Waals surface area contributed by atoms with E-state index in [9.17, 15) is 0 Å². The molecule has 0 aromatic carbocycles. The number of allylic oxidation sites excluding steroid dienone is 1. The van der Waals surface area contributed by atoms with Crippen molar-refractivity contribution in [2.75, 3.05) is 0 Å². The second-order valence-electron chi connectivity index (χ2n) is 5.52. The summed E-state index contributed by atoms with van der Waals surface area (Å²) in [5.74, 6) is 1.46. The smallest absolute Gasteiger partial charge is 0.0952 e. The molecule has 0 radical (unpaired) electrons. The zero-order valence-corrected chi connectivity index (χ0v) is 9.34. The molecule has 5 rings (SSSR count). The van der Waals surface area contributed by atoms with E-state index in [0.717, 1.165) is 6.42 Å². The van der Waals surface area contributed by atoms with Crippen molar-refractivity contribution in [1.29, 1.82) is 10.5 Å². The molecule has 0 N–H and O–H groups in total. The van der Waals surface area contributed by atoms with Crippen LogP contribution in [0.3, 0.4) is 0 Å². The molecule has 4 fully saturated rings. The lowest BCUT2D eigenvalue weighted by molar-refractivity contribution is -0.113. The van der Waals surface area contributed by atoms with Crippen LogP contribution in [0.2, 0.25) is 0 Å². The lowest BCUT2D eigenvalue weighted by Crippen LogP contribution is -2.47. The summed E-state index contributed by atoms with van der Waals surface area (Å²) < 4.78 is 6.21. The van der Waals surface area contributed by atoms with Gasteiger partial charge in [0, 0.05) is 23.8 Å². The molecule has 0 amide bonds. The lowest BCUT2D eigenvalue weighted by Gasteiger charge is -2.43. The molecule has 0 aromatic rings. The van der Waals surface area contributed by atoms with Crippen LogP contribution in [0, 0.1) is 46.3 Å². The first-order valence-corrected chi connectivity index (χ1v) is 6.14. The maximum atomic E-state index is 9.04. The molecule has 3 heteroatoms. The van der Waals surface area contributed by atoms with Crippen LogP contribution < -0.4 is 0 Å². The summed E-state index contributed by atoms with van der Waals surface area (Å²) in [5.41, 5.74) is 1.03. The fourth-order valence-electron chi connectivity index (χ4n) is 4.71. The predicted molar refractivity (Wildman–Crippen MR) is 59.2 cm³/mol. The van der Waals surface area contributed by atoms with Crippen molar-refractivity contribution in [3.8, 4) is 12.1 Å². The number of nitrogens with zero attached hydrogens (tertiary/aromatic N) is 2. The zero-order valence-electron chi connectivity index (χ0n) is 9.34. The van der Waals surface area contributed by atoms with E-state index in [1.165, 1.54) is 5.57 Å². The van der Waals surface area contributed by atoms with Crippen molar-refractivity contribution in [2.24, 2.45) is 23.7 Å². The number of hydrogen-bond donors (Lipinski definition) is 0. The van der Waals surface area contributed by atoms with Crippen LogP contribution in [0.1, 0.15) is 12.8 Å². The summed E-state index contributed by atoms with van der Waals surface area (Å²) in [5, 5.41) is 17.9. The van der Waals surface area contributed by atoms with E-state index in [4.69, 9.17) is 15.3 Å². The predicted octanol–water partition coefficient (Wildman–Crippen LogP) is 1.94. The minimum Gasteiger partial charge on any atom is -0.369 e. The number of rotatable bonds is 1. The third kappa shape index (κ3) is 0.841. The largest absolute Gasteiger partial charge is 0.369 e. The molecular weight excluding hydrogens is 212 g/mol. The lowest BCUT2D eigenvalue weighted by atomic mass is 9.65. The van der Waals surface area contributed by atoms with Crippen molar-refractivity contribution in [1.82, 2.24) is 0 Å². The van der Waals surface area contributed by atoms with Crippen LogP contribution in [-0.2, 0) is 4.74 Å². The molecule has 3 nitrogen and oxygen atoms in total. The Kier molecular flexibility index (Phi) is 1.56. The molecular formula is C14H12N2O. The van der Waals surface area contributed by atoms with Crippen LogP contribution in [-0.4, -0.2) is 11.7 Å². The molecule has 6 atom stereocenters. The maximum absolute atomic E-state index is 9.04. The van der Waals surface area contributed by atoms with Gasteiger partial charge in [0.05, 0.1) is 30.3 Å². The Hall–Kier alpha value is -1.58. The van der Waals surface area contributed by atoms with Crippen molar-refractivity contribution in [3.05, 3.63) is 23.8 Å². The Balaban J connectivity index is 1.87. The highest BCUT2D eigenvalue weighted by molar-refractivity contribution is 5.42. The van der Waals surface area contributed by atoms with Gasteiger partial charge in [-0.25, -0.2) is 0 Å². The van der Waals surface area contributed by atoms with Crippen molar-refractivity contribution in [2.45, 2.75) is 24.5 Å². The topological polar surface area (TPSA) is 56.8 Å². The van der Waals surface area contributed by atoms with E-state index < -0.39 is 0 Å². The second kappa shape index (κ2) is 2.81. The Morgan fingerprint density at radius 3 is 3.00 bits per heavy atom. The second-order valence-corrected chi connectivity index (χ2v) is 5.52. The van der Waals surface area contributed by atoms with Gasteiger partial charge >= 0.3 is 0 Å². The van der Waals surface area contributed by atoms with Gasteiger partial charge < -0.3 is 4.74 Å². The third-order valence-electron chi connectivity index (χ3n) is 5.13. The van der Waals surface area contributed by atoms with E-state index in [1.807, 2.05) is 0 Å². The van der Waals surface area contributed by atoms with Crippen LogP contribution in [0.4, 0.5) is 0 Å². The summed E-state index contributed by atoms with van der Waals surface area (Å²) in [7, 11) is 0. The molecule has 17 heavy (non-hydrogen) atoms. The van der Waals surface area contributed by atoms with E-state index in [1.54, 1.807) is 6.08 Å². The number of nitriles is 2. The van der Waals surface area contributed by atoms with Gasteiger partial charge in [0.15, 0.2) is 0 Å². The highest BCUT2D eigenvalue weighted by Gasteiger charge is 2.70. The van der Waals surface area contributed by atoms with Crippen molar-refractivity contribution < 1.29 is 4.74 Å². The van der Waals surface area contributed by atoms with Gasteiger partial charge in [-0.2, -0.15) is 10.5 Å². The average Bonchev–Trinajstić information content (AvgIpc) is 2.79. The highest BCUT2D eigenvalue weighted by Crippen LogP contribution is 2.68. The van der Waals surface area contributed by atoms with Gasteiger partial charge in [0.2, 0.25) is 0 Å². The molecule has 5 aliphatic rings. The molecule has 0 aromatic heterocycles. The van der Waals surface area contributed by atoms with E-state index in [0.29, 0.717) is 30.1 Å². The Bertz CT molecular complexity index is 525. The monoisotopic (exact) mass is 224 g/mol. The fourth-order valence-corrected chi connectivity index (χ4v) is 4.71. The standard InChI is InChI=1S/C14H12N2O/c15-5-3-8-9-7-12-13(8)11-2-1-10(9)14(11,17-12)4-6-16/h1-3,9-13H,4,7H2/b8-3-/t9-,10+,11+,12-,13-,14+/m1/s1. The molecule has 3 aliphatic carbocycles. The fraction of sp³-hybridized carbons (Fsp3) is 0.571. The minimum absolute atomic E-state index is 0.249. The molecule has 84 valence electrons. The van der Waals surface area contributed by atoms with Crippen molar-refractivity contribution in [3.63, 3.8) is 0 Å². The Morgan fingerprint density at radius 1 is 1.41 bits per heavy atom. The first kappa shape index (κ1) is 9.45. The summed E-state index contributed by atoms with van der Waals surface area (Å²) >= 11 is 0. The number of hydrogen-bond acceptors (Lipinski definition) is 3. The normalized spacial score (nSPS) is 54.2. The average molecular weight is 224 g/mol. The summed E-state index contributed by atoms with van der Waals surface area (Å²) in [4.78, 5) is 0. The van der Waals surface area contributed by atoms with Gasteiger partial charge in [0.1, 0.15) is 0 Å². The van der Waals surface area contributed by atoms with Gasteiger partial charge in [0.25, 0.3) is 0 Å². The maximum Gasteiger partial charge on any atom is 0.0952 e. The third-order valence-corrected chi connectivity index (χ3v) is 5.13. The highest BCUT2D eigenvalue weighted by atomic mass is 16.5. The molecule has 2 saturated carbocycles. The van der Waals surface area contributed by atoms with Gasteiger partial charge in [-0.05, 0) is 17.9 Å². The molecule has 0 unspecified atom stereocenters. The first-order chi connectivity index (χ1) is 8.31. The quantitative estimate of drug-likeness (QED) is 0.505.